The van der Waals surface area contributed by atoms with E-state index < -0.39 is 9.73 Å². The first kappa shape index (κ1) is 16.0. The molecule has 19 heavy (non-hydrogen) atoms. The second-order valence-electron chi connectivity index (χ2n) is 4.12. The molecule has 0 aliphatic carbocycles. The van der Waals surface area contributed by atoms with Gasteiger partial charge in [-0.2, -0.15) is 0 Å². The van der Waals surface area contributed by atoms with Crippen LogP contribution in [0.5, 0.6) is 5.75 Å². The summed E-state index contributed by atoms with van der Waals surface area (Å²) < 4.78 is 26.4. The highest BCUT2D eigenvalue weighted by molar-refractivity contribution is 9.10. The predicted octanol–water partition coefficient (Wildman–Crippen LogP) is 2.34. The number of benzene rings is 1. The zero-order valence-electron chi connectivity index (χ0n) is 11.1. The fourth-order valence-corrected chi connectivity index (χ4v) is 3.50. The van der Waals surface area contributed by atoms with Crippen LogP contribution in [-0.4, -0.2) is 41.5 Å². The zero-order chi connectivity index (χ0) is 14.6. The Kier molecular flexibility index (Phi) is 5.37. The van der Waals surface area contributed by atoms with Gasteiger partial charge in [-0.25, -0.2) is 8.99 Å². The predicted molar refractivity (Wildman–Crippen MR) is 78.0 cm³/mol. The van der Waals surface area contributed by atoms with Crippen molar-refractivity contribution in [3.63, 3.8) is 0 Å². The fourth-order valence-electron chi connectivity index (χ4n) is 1.44. The van der Waals surface area contributed by atoms with E-state index in [1.807, 2.05) is 0 Å². The van der Waals surface area contributed by atoms with Gasteiger partial charge in [-0.3, -0.25) is 4.79 Å². The standard InChI is InChI=1S/C12H17BrN2O3S/c1-9(16)15(2)6-7-19(14,17)12-8-10(13)4-5-11(12)18-3/h4-5,8,14H,6-7H2,1-3H3. The molecule has 106 valence electrons. The van der Waals surface area contributed by atoms with Crippen molar-refractivity contribution in [1.29, 1.82) is 4.78 Å². The molecular formula is C12H17BrN2O3S. The van der Waals surface area contributed by atoms with E-state index >= 15 is 0 Å². The van der Waals surface area contributed by atoms with Gasteiger partial charge in [-0.1, -0.05) is 15.9 Å². The summed E-state index contributed by atoms with van der Waals surface area (Å²) >= 11 is 3.29. The average Bonchev–Trinajstić information content (AvgIpc) is 2.35. The van der Waals surface area contributed by atoms with Crippen molar-refractivity contribution in [1.82, 2.24) is 4.90 Å². The second kappa shape index (κ2) is 6.38. The lowest BCUT2D eigenvalue weighted by molar-refractivity contribution is -0.127. The minimum absolute atomic E-state index is 0.0793. The van der Waals surface area contributed by atoms with Crippen LogP contribution in [0.25, 0.3) is 0 Å². The molecule has 0 heterocycles. The van der Waals surface area contributed by atoms with E-state index in [0.717, 1.165) is 4.47 Å². The maximum Gasteiger partial charge on any atom is 0.219 e. The molecule has 0 saturated heterocycles. The van der Waals surface area contributed by atoms with E-state index in [1.165, 1.54) is 18.9 Å². The first-order valence-corrected chi connectivity index (χ1v) is 8.11. The maximum absolute atomic E-state index is 12.5. The number of nitrogens with zero attached hydrogens (tertiary/aromatic N) is 1. The molecule has 7 heteroatoms. The molecule has 1 amide bonds. The third kappa shape index (κ3) is 4.21. The number of hydrogen-bond donors (Lipinski definition) is 1. The van der Waals surface area contributed by atoms with Crippen LogP contribution in [0, 0.1) is 4.78 Å². The molecule has 0 bridgehead atoms. The van der Waals surface area contributed by atoms with Crippen molar-refractivity contribution in [2.75, 3.05) is 26.5 Å². The molecule has 1 aromatic carbocycles. The third-order valence-electron chi connectivity index (χ3n) is 2.73. The molecule has 0 radical (unpaired) electrons. The topological polar surface area (TPSA) is 70.5 Å². The normalized spacial score (nSPS) is 13.7. The van der Waals surface area contributed by atoms with E-state index in [9.17, 15) is 9.00 Å². The van der Waals surface area contributed by atoms with Crippen molar-refractivity contribution in [3.8, 4) is 5.75 Å². The van der Waals surface area contributed by atoms with Crippen molar-refractivity contribution in [2.45, 2.75) is 11.8 Å². The van der Waals surface area contributed by atoms with Gasteiger partial charge in [0.25, 0.3) is 0 Å². The molecule has 0 aliphatic rings. The average molecular weight is 349 g/mol. The van der Waals surface area contributed by atoms with E-state index in [-0.39, 0.29) is 18.2 Å². The van der Waals surface area contributed by atoms with Crippen LogP contribution in [0.2, 0.25) is 0 Å². The molecule has 1 rings (SSSR count). The lowest BCUT2D eigenvalue weighted by Crippen LogP contribution is -2.29. The lowest BCUT2D eigenvalue weighted by atomic mass is 10.3. The highest BCUT2D eigenvalue weighted by atomic mass is 79.9. The summed E-state index contributed by atoms with van der Waals surface area (Å²) in [5, 5.41) is 0. The number of nitrogens with one attached hydrogen (secondary N) is 1. The van der Waals surface area contributed by atoms with Crippen molar-refractivity contribution >= 4 is 31.6 Å². The van der Waals surface area contributed by atoms with Gasteiger partial charge in [0.2, 0.25) is 5.91 Å². The first-order valence-electron chi connectivity index (χ1n) is 5.59. The van der Waals surface area contributed by atoms with Gasteiger partial charge < -0.3 is 9.64 Å². The molecule has 1 aromatic rings. The molecule has 0 saturated carbocycles. The fraction of sp³-hybridized carbons (Fsp3) is 0.417. The van der Waals surface area contributed by atoms with Gasteiger partial charge in [-0.15, -0.1) is 0 Å². The van der Waals surface area contributed by atoms with Crippen LogP contribution < -0.4 is 4.74 Å². The molecule has 0 spiro atoms. The Balaban J connectivity index is 3.00. The van der Waals surface area contributed by atoms with Gasteiger partial charge in [-0.05, 0) is 18.2 Å². The number of ether oxygens (including phenoxy) is 1. The largest absolute Gasteiger partial charge is 0.495 e. The molecule has 0 aliphatic heterocycles. The van der Waals surface area contributed by atoms with Crippen LogP contribution in [0.4, 0.5) is 0 Å². The second-order valence-corrected chi connectivity index (χ2v) is 7.23. The molecule has 0 fully saturated rings. The number of rotatable bonds is 5. The molecule has 0 aromatic heterocycles. The number of amides is 1. The van der Waals surface area contributed by atoms with Gasteiger partial charge in [0.15, 0.2) is 0 Å². The van der Waals surface area contributed by atoms with Gasteiger partial charge in [0, 0.05) is 25.0 Å². The summed E-state index contributed by atoms with van der Waals surface area (Å²) in [5.41, 5.74) is 0. The maximum atomic E-state index is 12.5. The molecule has 1 atom stereocenters. The van der Waals surface area contributed by atoms with Gasteiger partial charge in [0.1, 0.15) is 5.75 Å². The van der Waals surface area contributed by atoms with Crippen LogP contribution in [0.3, 0.4) is 0 Å². The van der Waals surface area contributed by atoms with Crippen LogP contribution in [-0.2, 0) is 14.5 Å². The van der Waals surface area contributed by atoms with E-state index in [4.69, 9.17) is 9.52 Å². The molecule has 5 nitrogen and oxygen atoms in total. The van der Waals surface area contributed by atoms with Crippen molar-refractivity contribution in [3.05, 3.63) is 22.7 Å². The van der Waals surface area contributed by atoms with Gasteiger partial charge in [0.05, 0.1) is 27.5 Å². The molecule has 1 N–H and O–H groups in total. The van der Waals surface area contributed by atoms with E-state index in [1.54, 1.807) is 25.2 Å². The lowest BCUT2D eigenvalue weighted by Gasteiger charge is -2.17. The SMILES string of the molecule is COc1ccc(Br)cc1S(=N)(=O)CCN(C)C(C)=O. The van der Waals surface area contributed by atoms with Crippen molar-refractivity contribution in [2.24, 2.45) is 0 Å². The van der Waals surface area contributed by atoms with Crippen molar-refractivity contribution < 1.29 is 13.7 Å². The zero-order valence-corrected chi connectivity index (χ0v) is 13.5. The number of carbonyl (C=O) groups excluding carboxylic acids is 1. The summed E-state index contributed by atoms with van der Waals surface area (Å²) in [6, 6.07) is 5.06. The number of halogens is 1. The number of methoxy groups -OCH3 is 1. The van der Waals surface area contributed by atoms with Crippen LogP contribution in [0.1, 0.15) is 6.92 Å². The minimum atomic E-state index is -3.00. The summed E-state index contributed by atoms with van der Waals surface area (Å²) in [5.74, 6) is 0.390. The highest BCUT2D eigenvalue weighted by Crippen LogP contribution is 2.28. The summed E-state index contributed by atoms with van der Waals surface area (Å²) in [4.78, 5) is 12.9. The summed E-state index contributed by atoms with van der Waals surface area (Å²) in [6.07, 6.45) is 0. The summed E-state index contributed by atoms with van der Waals surface area (Å²) in [6.45, 7) is 1.71. The Hall–Kier alpha value is -1.08. The monoisotopic (exact) mass is 348 g/mol. The van der Waals surface area contributed by atoms with E-state index in [2.05, 4.69) is 15.9 Å². The quantitative estimate of drug-likeness (QED) is 0.887. The highest BCUT2D eigenvalue weighted by Gasteiger charge is 2.17. The van der Waals surface area contributed by atoms with Crippen LogP contribution in [0.15, 0.2) is 27.6 Å². The van der Waals surface area contributed by atoms with E-state index in [0.29, 0.717) is 10.6 Å². The van der Waals surface area contributed by atoms with Gasteiger partial charge >= 0.3 is 0 Å². The first-order chi connectivity index (χ1) is 8.77. The number of carbonyl (C=O) groups is 1. The molecule has 1 unspecified atom stereocenters. The third-order valence-corrected chi connectivity index (χ3v) is 5.01. The smallest absolute Gasteiger partial charge is 0.219 e. The number of hydrogen-bond acceptors (Lipinski definition) is 4. The summed E-state index contributed by atoms with van der Waals surface area (Å²) in [7, 11) is 0.0942. The Bertz CT molecular complexity index is 572. The van der Waals surface area contributed by atoms with Crippen LogP contribution >= 0.6 is 15.9 Å². The Morgan fingerprint density at radius 3 is 2.68 bits per heavy atom. The Morgan fingerprint density at radius 1 is 1.53 bits per heavy atom. The Labute approximate surface area is 122 Å². The molecular weight excluding hydrogens is 332 g/mol. The Morgan fingerprint density at radius 2 is 2.16 bits per heavy atom. The minimum Gasteiger partial charge on any atom is -0.495 e.